The van der Waals surface area contributed by atoms with Crippen LogP contribution < -0.4 is 16.6 Å². The minimum Gasteiger partial charge on any atom is -0.393 e. The van der Waals surface area contributed by atoms with Crippen molar-refractivity contribution in [2.24, 2.45) is 11.8 Å². The van der Waals surface area contributed by atoms with E-state index in [1.807, 2.05) is 0 Å². The molecule has 0 aliphatic heterocycles. The highest BCUT2D eigenvalue weighted by molar-refractivity contribution is 5.60. The predicted octanol–water partition coefficient (Wildman–Crippen LogP) is 0.458. The van der Waals surface area contributed by atoms with Crippen LogP contribution in [-0.4, -0.2) is 27.7 Å². The molecule has 2 rings (SSSR count). The summed E-state index contributed by atoms with van der Waals surface area (Å²) in [6, 6.07) is 2.79. The van der Waals surface area contributed by atoms with E-state index in [2.05, 4.69) is 15.7 Å². The lowest BCUT2D eigenvalue weighted by Gasteiger charge is -2.31. The molecule has 8 heteroatoms. The lowest BCUT2D eigenvalue weighted by Crippen LogP contribution is -2.33. The molecule has 8 nitrogen and oxygen atoms in total. The van der Waals surface area contributed by atoms with Crippen LogP contribution in [0.15, 0.2) is 12.1 Å². The molecule has 0 aromatic carbocycles. The normalized spacial score (nSPS) is 22.1. The second-order valence-corrected chi connectivity index (χ2v) is 4.34. The SMILES string of the molecule is NNc1ccc([N+](=O)[O-])c(NCC2CC(O)C2)n1. The largest absolute Gasteiger partial charge is 0.393 e. The number of nitrogens with one attached hydrogen (secondary N) is 2. The maximum Gasteiger partial charge on any atom is 0.311 e. The molecule has 98 valence electrons. The van der Waals surface area contributed by atoms with E-state index in [0.29, 0.717) is 18.3 Å². The summed E-state index contributed by atoms with van der Waals surface area (Å²) in [4.78, 5) is 14.4. The zero-order valence-corrected chi connectivity index (χ0v) is 9.67. The van der Waals surface area contributed by atoms with Gasteiger partial charge in [-0.2, -0.15) is 0 Å². The Kier molecular flexibility index (Phi) is 3.58. The number of anilines is 2. The van der Waals surface area contributed by atoms with Crippen molar-refractivity contribution < 1.29 is 10.0 Å². The van der Waals surface area contributed by atoms with Gasteiger partial charge in [-0.15, -0.1) is 0 Å². The molecule has 0 amide bonds. The number of aliphatic hydroxyl groups excluding tert-OH is 1. The zero-order valence-electron chi connectivity index (χ0n) is 9.67. The first kappa shape index (κ1) is 12.5. The van der Waals surface area contributed by atoms with Gasteiger partial charge >= 0.3 is 5.69 Å². The molecule has 0 bridgehead atoms. The van der Waals surface area contributed by atoms with Gasteiger partial charge in [-0.3, -0.25) is 10.1 Å². The third kappa shape index (κ3) is 2.66. The number of hydrazine groups is 1. The Balaban J connectivity index is 2.06. The molecule has 1 saturated carbocycles. The van der Waals surface area contributed by atoms with Gasteiger partial charge in [0, 0.05) is 12.6 Å². The molecule has 0 radical (unpaired) electrons. The molecule has 0 spiro atoms. The van der Waals surface area contributed by atoms with E-state index < -0.39 is 4.92 Å². The van der Waals surface area contributed by atoms with Gasteiger partial charge in [0.15, 0.2) is 0 Å². The van der Waals surface area contributed by atoms with Crippen molar-refractivity contribution in [1.82, 2.24) is 4.98 Å². The minimum atomic E-state index is -0.495. The summed E-state index contributed by atoms with van der Waals surface area (Å²) in [6.45, 7) is 0.554. The third-order valence-electron chi connectivity index (χ3n) is 2.99. The minimum absolute atomic E-state index is 0.0890. The zero-order chi connectivity index (χ0) is 13.1. The molecule has 1 aliphatic carbocycles. The van der Waals surface area contributed by atoms with Crippen molar-refractivity contribution in [3.05, 3.63) is 22.2 Å². The first-order chi connectivity index (χ1) is 8.60. The van der Waals surface area contributed by atoms with Crippen LogP contribution in [0.4, 0.5) is 17.3 Å². The molecule has 5 N–H and O–H groups in total. The van der Waals surface area contributed by atoms with Crippen LogP contribution in [0.25, 0.3) is 0 Å². The van der Waals surface area contributed by atoms with E-state index in [0.717, 1.165) is 12.8 Å². The molecule has 1 aliphatic rings. The van der Waals surface area contributed by atoms with E-state index >= 15 is 0 Å². The number of aliphatic hydroxyl groups is 1. The van der Waals surface area contributed by atoms with Crippen LogP contribution in [0.2, 0.25) is 0 Å². The number of pyridine rings is 1. The number of nitrogen functional groups attached to an aromatic ring is 1. The number of nitro groups is 1. The Morgan fingerprint density at radius 1 is 1.56 bits per heavy atom. The number of aromatic nitrogens is 1. The lowest BCUT2D eigenvalue weighted by molar-refractivity contribution is -0.384. The van der Waals surface area contributed by atoms with Crippen LogP contribution in [0, 0.1) is 16.0 Å². The van der Waals surface area contributed by atoms with Gasteiger partial charge in [0.2, 0.25) is 5.82 Å². The second-order valence-electron chi connectivity index (χ2n) is 4.34. The lowest BCUT2D eigenvalue weighted by atomic mass is 9.82. The Bertz CT molecular complexity index is 447. The molecule has 1 fully saturated rings. The van der Waals surface area contributed by atoms with E-state index in [-0.39, 0.29) is 17.6 Å². The second kappa shape index (κ2) is 5.15. The maximum atomic E-state index is 10.8. The van der Waals surface area contributed by atoms with Crippen molar-refractivity contribution in [2.75, 3.05) is 17.3 Å². The number of hydrogen-bond acceptors (Lipinski definition) is 7. The standard InChI is InChI=1S/C10H15N5O3/c11-14-9-2-1-8(15(17)18)10(13-9)12-5-6-3-7(16)4-6/h1-2,6-7,16H,3-5,11H2,(H2,12,13,14). The van der Waals surface area contributed by atoms with Gasteiger partial charge in [0.05, 0.1) is 11.0 Å². The predicted molar refractivity (Wildman–Crippen MR) is 65.9 cm³/mol. The smallest absolute Gasteiger partial charge is 0.311 e. The van der Waals surface area contributed by atoms with Crippen molar-refractivity contribution in [1.29, 1.82) is 0 Å². The van der Waals surface area contributed by atoms with Gasteiger partial charge in [-0.05, 0) is 24.8 Å². The van der Waals surface area contributed by atoms with Crippen molar-refractivity contribution in [3.8, 4) is 0 Å². The van der Waals surface area contributed by atoms with Crippen molar-refractivity contribution >= 4 is 17.3 Å². The van der Waals surface area contributed by atoms with Crippen LogP contribution in [0.3, 0.4) is 0 Å². The van der Waals surface area contributed by atoms with Gasteiger partial charge in [-0.1, -0.05) is 0 Å². The average molecular weight is 253 g/mol. The Morgan fingerprint density at radius 2 is 2.28 bits per heavy atom. The summed E-state index contributed by atoms with van der Waals surface area (Å²) in [5.74, 6) is 6.09. The summed E-state index contributed by atoms with van der Waals surface area (Å²) in [7, 11) is 0. The third-order valence-corrected chi connectivity index (χ3v) is 2.99. The fourth-order valence-electron chi connectivity index (χ4n) is 1.92. The summed E-state index contributed by atoms with van der Waals surface area (Å²) in [5, 5.41) is 22.9. The monoisotopic (exact) mass is 253 g/mol. The highest BCUT2D eigenvalue weighted by atomic mass is 16.6. The molecule has 0 saturated heterocycles. The highest BCUT2D eigenvalue weighted by Crippen LogP contribution is 2.29. The van der Waals surface area contributed by atoms with E-state index in [9.17, 15) is 10.1 Å². The number of rotatable bonds is 5. The molecule has 0 atom stereocenters. The fourth-order valence-corrected chi connectivity index (χ4v) is 1.92. The van der Waals surface area contributed by atoms with Crippen LogP contribution in [0.5, 0.6) is 0 Å². The molecule has 1 heterocycles. The van der Waals surface area contributed by atoms with Crippen LogP contribution in [0.1, 0.15) is 12.8 Å². The molecule has 0 unspecified atom stereocenters. The summed E-state index contributed by atoms with van der Waals surface area (Å²) in [5.41, 5.74) is 2.25. The topological polar surface area (TPSA) is 126 Å². The van der Waals surface area contributed by atoms with Crippen molar-refractivity contribution in [3.63, 3.8) is 0 Å². The van der Waals surface area contributed by atoms with Gasteiger partial charge in [0.25, 0.3) is 0 Å². The number of nitrogens with zero attached hydrogens (tertiary/aromatic N) is 2. The van der Waals surface area contributed by atoms with Gasteiger partial charge < -0.3 is 15.8 Å². The number of hydrogen-bond donors (Lipinski definition) is 4. The first-order valence-corrected chi connectivity index (χ1v) is 5.64. The molecule has 1 aromatic rings. The Labute approximate surface area is 103 Å². The molecule has 18 heavy (non-hydrogen) atoms. The molecular weight excluding hydrogens is 238 g/mol. The molecule has 1 aromatic heterocycles. The average Bonchev–Trinajstić information content (AvgIpc) is 2.32. The Morgan fingerprint density at radius 3 is 2.83 bits per heavy atom. The fraction of sp³-hybridized carbons (Fsp3) is 0.500. The highest BCUT2D eigenvalue weighted by Gasteiger charge is 2.27. The Hall–Kier alpha value is -1.93. The van der Waals surface area contributed by atoms with Gasteiger partial charge in [0.1, 0.15) is 5.82 Å². The van der Waals surface area contributed by atoms with Gasteiger partial charge in [-0.25, -0.2) is 10.8 Å². The van der Waals surface area contributed by atoms with Crippen LogP contribution >= 0.6 is 0 Å². The van der Waals surface area contributed by atoms with E-state index in [1.165, 1.54) is 12.1 Å². The van der Waals surface area contributed by atoms with E-state index in [4.69, 9.17) is 10.9 Å². The van der Waals surface area contributed by atoms with E-state index in [1.54, 1.807) is 0 Å². The van der Waals surface area contributed by atoms with Crippen molar-refractivity contribution in [2.45, 2.75) is 18.9 Å². The quantitative estimate of drug-likeness (QED) is 0.341. The summed E-state index contributed by atoms with van der Waals surface area (Å²) < 4.78 is 0. The maximum absolute atomic E-state index is 10.8. The number of nitrogens with two attached hydrogens (primary N) is 1. The summed E-state index contributed by atoms with van der Waals surface area (Å²) in [6.07, 6.45) is 1.20. The first-order valence-electron chi connectivity index (χ1n) is 5.64. The molecular formula is C10H15N5O3. The van der Waals surface area contributed by atoms with Crippen LogP contribution in [-0.2, 0) is 0 Å². The summed E-state index contributed by atoms with van der Waals surface area (Å²) >= 11 is 0.